The third-order valence-electron chi connectivity index (χ3n) is 2.11. The van der Waals surface area contributed by atoms with Crippen molar-refractivity contribution in [3.63, 3.8) is 0 Å². The lowest BCUT2D eigenvalue weighted by molar-refractivity contribution is -0.118. The van der Waals surface area contributed by atoms with Gasteiger partial charge in [0, 0.05) is 9.92 Å². The summed E-state index contributed by atoms with van der Waals surface area (Å²) < 4.78 is 5.04. The average molecular weight is 295 g/mol. The first-order chi connectivity index (χ1) is 9.24. The van der Waals surface area contributed by atoms with Crippen LogP contribution in [0.2, 0.25) is 5.02 Å². The van der Waals surface area contributed by atoms with Crippen LogP contribution in [-0.4, -0.2) is 17.9 Å². The van der Waals surface area contributed by atoms with Crippen molar-refractivity contribution in [1.82, 2.24) is 5.43 Å². The SMILES string of the molecule is O=C(CSc1ccc(Cl)cc1)N/N=C/c1ccco1. The van der Waals surface area contributed by atoms with E-state index in [2.05, 4.69) is 10.5 Å². The Labute approximate surface area is 119 Å². The molecule has 0 radical (unpaired) electrons. The number of amides is 1. The van der Waals surface area contributed by atoms with Crippen molar-refractivity contribution < 1.29 is 9.21 Å². The maximum Gasteiger partial charge on any atom is 0.250 e. The third kappa shape index (κ3) is 4.81. The van der Waals surface area contributed by atoms with Crippen LogP contribution >= 0.6 is 23.4 Å². The zero-order chi connectivity index (χ0) is 13.5. The van der Waals surface area contributed by atoms with Gasteiger partial charge in [-0.15, -0.1) is 11.8 Å². The lowest BCUT2D eigenvalue weighted by Gasteiger charge is -2.00. The fraction of sp³-hybridized carbons (Fsp3) is 0.0769. The molecule has 0 aliphatic heterocycles. The summed E-state index contributed by atoms with van der Waals surface area (Å²) in [5.41, 5.74) is 2.43. The van der Waals surface area contributed by atoms with Crippen LogP contribution in [0.4, 0.5) is 0 Å². The molecule has 0 unspecified atom stereocenters. The molecule has 0 aliphatic rings. The highest BCUT2D eigenvalue weighted by atomic mass is 35.5. The number of carbonyl (C=O) groups is 1. The fourth-order valence-electron chi connectivity index (χ4n) is 1.24. The Balaban J connectivity index is 1.74. The molecule has 0 fully saturated rings. The molecule has 2 aromatic rings. The van der Waals surface area contributed by atoms with E-state index >= 15 is 0 Å². The van der Waals surface area contributed by atoms with Crippen molar-refractivity contribution in [2.45, 2.75) is 4.90 Å². The molecular weight excluding hydrogens is 284 g/mol. The number of thioether (sulfide) groups is 1. The van der Waals surface area contributed by atoms with E-state index in [0.29, 0.717) is 10.8 Å². The van der Waals surface area contributed by atoms with E-state index in [-0.39, 0.29) is 11.7 Å². The second-order valence-corrected chi connectivity index (χ2v) is 5.04. The Morgan fingerprint density at radius 2 is 2.16 bits per heavy atom. The van der Waals surface area contributed by atoms with Gasteiger partial charge in [-0.05, 0) is 36.4 Å². The average Bonchev–Trinajstić information content (AvgIpc) is 2.91. The van der Waals surface area contributed by atoms with Gasteiger partial charge in [-0.25, -0.2) is 5.43 Å². The van der Waals surface area contributed by atoms with E-state index in [0.717, 1.165) is 4.90 Å². The van der Waals surface area contributed by atoms with Crippen LogP contribution in [0.15, 0.2) is 57.1 Å². The zero-order valence-corrected chi connectivity index (χ0v) is 11.4. The number of furan rings is 1. The summed E-state index contributed by atoms with van der Waals surface area (Å²) in [5, 5.41) is 4.47. The molecule has 0 saturated heterocycles. The summed E-state index contributed by atoms with van der Waals surface area (Å²) in [7, 11) is 0. The van der Waals surface area contributed by atoms with Gasteiger partial charge in [-0.2, -0.15) is 5.10 Å². The first kappa shape index (κ1) is 13.7. The van der Waals surface area contributed by atoms with Crippen molar-refractivity contribution >= 4 is 35.5 Å². The smallest absolute Gasteiger partial charge is 0.250 e. The number of nitrogens with zero attached hydrogens (tertiary/aromatic N) is 1. The summed E-state index contributed by atoms with van der Waals surface area (Å²) >= 11 is 7.19. The standard InChI is InChI=1S/C13H11ClN2O2S/c14-10-3-5-12(6-4-10)19-9-13(17)16-15-8-11-2-1-7-18-11/h1-8H,9H2,(H,16,17)/b15-8+. The number of hydrogen-bond acceptors (Lipinski definition) is 4. The second kappa shape index (κ2) is 7.01. The van der Waals surface area contributed by atoms with Gasteiger partial charge in [0.1, 0.15) is 5.76 Å². The van der Waals surface area contributed by atoms with Crippen LogP contribution in [0.25, 0.3) is 0 Å². The van der Waals surface area contributed by atoms with Crippen molar-refractivity contribution in [3.05, 3.63) is 53.4 Å². The van der Waals surface area contributed by atoms with E-state index in [1.165, 1.54) is 18.0 Å². The molecule has 1 N–H and O–H groups in total. The van der Waals surface area contributed by atoms with E-state index in [4.69, 9.17) is 16.0 Å². The van der Waals surface area contributed by atoms with Crippen LogP contribution in [0.3, 0.4) is 0 Å². The Morgan fingerprint density at radius 3 is 2.84 bits per heavy atom. The number of hydrazone groups is 1. The molecule has 2 rings (SSSR count). The minimum Gasteiger partial charge on any atom is -0.463 e. The lowest BCUT2D eigenvalue weighted by Crippen LogP contribution is -2.19. The number of halogens is 1. The van der Waals surface area contributed by atoms with Crippen LogP contribution < -0.4 is 5.43 Å². The van der Waals surface area contributed by atoms with Crippen LogP contribution in [-0.2, 0) is 4.79 Å². The molecule has 0 aliphatic carbocycles. The fourth-order valence-corrected chi connectivity index (χ4v) is 2.06. The number of hydrogen-bond donors (Lipinski definition) is 1. The summed E-state index contributed by atoms with van der Waals surface area (Å²) in [4.78, 5) is 12.5. The third-order valence-corrected chi connectivity index (χ3v) is 3.37. The molecule has 1 aromatic heterocycles. The molecule has 19 heavy (non-hydrogen) atoms. The normalized spacial score (nSPS) is 10.8. The monoisotopic (exact) mass is 294 g/mol. The molecule has 1 aromatic carbocycles. The molecule has 6 heteroatoms. The number of carbonyl (C=O) groups excluding carboxylic acids is 1. The summed E-state index contributed by atoms with van der Waals surface area (Å²) in [5.74, 6) is 0.699. The van der Waals surface area contributed by atoms with E-state index in [9.17, 15) is 4.79 Å². The van der Waals surface area contributed by atoms with E-state index < -0.39 is 0 Å². The molecule has 4 nitrogen and oxygen atoms in total. The Morgan fingerprint density at radius 1 is 1.37 bits per heavy atom. The minimum atomic E-state index is -0.178. The minimum absolute atomic E-state index is 0.178. The highest BCUT2D eigenvalue weighted by Gasteiger charge is 2.01. The maximum absolute atomic E-state index is 11.5. The Kier molecular flexibility index (Phi) is 5.06. The second-order valence-electron chi connectivity index (χ2n) is 3.55. The van der Waals surface area contributed by atoms with Crippen molar-refractivity contribution in [3.8, 4) is 0 Å². The predicted molar refractivity (Wildman–Crippen MR) is 76.6 cm³/mol. The van der Waals surface area contributed by atoms with Gasteiger partial charge >= 0.3 is 0 Å². The summed E-state index contributed by atoms with van der Waals surface area (Å²) in [6.45, 7) is 0. The van der Waals surface area contributed by atoms with Gasteiger partial charge in [-0.1, -0.05) is 11.6 Å². The van der Waals surface area contributed by atoms with Gasteiger partial charge in [0.05, 0.1) is 18.2 Å². The Hall–Kier alpha value is -1.72. The lowest BCUT2D eigenvalue weighted by atomic mass is 10.4. The molecule has 1 amide bonds. The highest BCUT2D eigenvalue weighted by Crippen LogP contribution is 2.19. The number of rotatable bonds is 5. The number of benzene rings is 1. The quantitative estimate of drug-likeness (QED) is 0.523. The van der Waals surface area contributed by atoms with E-state index in [1.54, 1.807) is 30.5 Å². The van der Waals surface area contributed by atoms with Gasteiger partial charge < -0.3 is 4.42 Å². The predicted octanol–water partition coefficient (Wildman–Crippen LogP) is 3.18. The molecule has 0 spiro atoms. The van der Waals surface area contributed by atoms with Crippen LogP contribution in [0, 0.1) is 0 Å². The van der Waals surface area contributed by atoms with Crippen molar-refractivity contribution in [1.29, 1.82) is 0 Å². The number of nitrogens with one attached hydrogen (secondary N) is 1. The molecule has 0 atom stereocenters. The molecule has 98 valence electrons. The molecule has 0 saturated carbocycles. The van der Waals surface area contributed by atoms with Crippen LogP contribution in [0.1, 0.15) is 5.76 Å². The molecular formula is C13H11ClN2O2S. The van der Waals surface area contributed by atoms with Crippen LogP contribution in [0.5, 0.6) is 0 Å². The highest BCUT2D eigenvalue weighted by molar-refractivity contribution is 8.00. The molecule has 0 bridgehead atoms. The van der Waals surface area contributed by atoms with Crippen molar-refractivity contribution in [2.24, 2.45) is 5.10 Å². The van der Waals surface area contributed by atoms with Gasteiger partial charge in [-0.3, -0.25) is 4.79 Å². The van der Waals surface area contributed by atoms with Gasteiger partial charge in [0.2, 0.25) is 5.91 Å². The molecule has 1 heterocycles. The Bertz CT molecular complexity index is 553. The largest absolute Gasteiger partial charge is 0.463 e. The van der Waals surface area contributed by atoms with E-state index in [1.807, 2.05) is 12.1 Å². The van der Waals surface area contributed by atoms with Crippen molar-refractivity contribution in [2.75, 3.05) is 5.75 Å². The first-order valence-electron chi connectivity index (χ1n) is 5.48. The zero-order valence-electron chi connectivity index (χ0n) is 9.88. The maximum atomic E-state index is 11.5. The summed E-state index contributed by atoms with van der Waals surface area (Å²) in [6, 6.07) is 10.8. The summed E-state index contributed by atoms with van der Waals surface area (Å²) in [6.07, 6.45) is 2.99. The topological polar surface area (TPSA) is 54.6 Å². The first-order valence-corrected chi connectivity index (χ1v) is 6.84. The van der Waals surface area contributed by atoms with Gasteiger partial charge in [0.25, 0.3) is 0 Å². The van der Waals surface area contributed by atoms with Gasteiger partial charge in [0.15, 0.2) is 0 Å².